The van der Waals surface area contributed by atoms with Gasteiger partial charge in [-0.25, -0.2) is 0 Å². The Morgan fingerprint density at radius 2 is 1.70 bits per heavy atom. The van der Waals surface area contributed by atoms with Crippen molar-refractivity contribution in [2.75, 3.05) is 14.2 Å². The Morgan fingerprint density at radius 1 is 1.10 bits per heavy atom. The molecule has 0 aliphatic rings. The van der Waals surface area contributed by atoms with Crippen LogP contribution < -0.4 is 5.32 Å². The summed E-state index contributed by atoms with van der Waals surface area (Å²) in [6.07, 6.45) is 2.11. The molecule has 1 aromatic rings. The van der Waals surface area contributed by atoms with Gasteiger partial charge in [-0.1, -0.05) is 45.0 Å². The summed E-state index contributed by atoms with van der Waals surface area (Å²) in [5.41, 5.74) is 2.94. The standard InChI is InChI=1S/C18H31NO/c1-17(2,3)15-11-9-8-10-14(15)16(19-6)12-13-18(4,5)20-7/h8-11,16,19H,12-13H2,1-7H3. The van der Waals surface area contributed by atoms with Crippen LogP contribution in [0.15, 0.2) is 24.3 Å². The van der Waals surface area contributed by atoms with Gasteiger partial charge in [-0.2, -0.15) is 0 Å². The summed E-state index contributed by atoms with van der Waals surface area (Å²) in [5, 5.41) is 3.47. The highest BCUT2D eigenvalue weighted by atomic mass is 16.5. The van der Waals surface area contributed by atoms with Gasteiger partial charge in [0.2, 0.25) is 0 Å². The van der Waals surface area contributed by atoms with E-state index in [1.807, 2.05) is 7.05 Å². The first kappa shape index (κ1) is 17.2. The summed E-state index contributed by atoms with van der Waals surface area (Å²) in [4.78, 5) is 0. The fourth-order valence-electron chi connectivity index (χ4n) is 2.53. The summed E-state index contributed by atoms with van der Waals surface area (Å²) in [5.74, 6) is 0. The van der Waals surface area contributed by atoms with Crippen LogP contribution in [0.2, 0.25) is 0 Å². The van der Waals surface area contributed by atoms with Crippen molar-refractivity contribution in [1.29, 1.82) is 0 Å². The molecule has 2 nitrogen and oxygen atoms in total. The molecule has 0 aromatic heterocycles. The quantitative estimate of drug-likeness (QED) is 0.829. The van der Waals surface area contributed by atoms with Crippen molar-refractivity contribution in [3.05, 3.63) is 35.4 Å². The smallest absolute Gasteiger partial charge is 0.0623 e. The van der Waals surface area contributed by atoms with Crippen molar-refractivity contribution in [2.24, 2.45) is 0 Å². The number of hydrogen-bond donors (Lipinski definition) is 1. The third kappa shape index (κ3) is 4.60. The van der Waals surface area contributed by atoms with E-state index in [1.54, 1.807) is 7.11 Å². The molecular weight excluding hydrogens is 246 g/mol. The Hall–Kier alpha value is -0.860. The van der Waals surface area contributed by atoms with Gasteiger partial charge < -0.3 is 10.1 Å². The number of benzene rings is 1. The van der Waals surface area contributed by atoms with Crippen LogP contribution in [0.25, 0.3) is 0 Å². The largest absolute Gasteiger partial charge is 0.379 e. The fraction of sp³-hybridized carbons (Fsp3) is 0.667. The normalized spacial score (nSPS) is 14.3. The van der Waals surface area contributed by atoms with Crippen molar-refractivity contribution in [1.82, 2.24) is 5.32 Å². The van der Waals surface area contributed by atoms with Crippen LogP contribution >= 0.6 is 0 Å². The number of rotatable bonds is 6. The molecule has 0 aliphatic heterocycles. The van der Waals surface area contributed by atoms with E-state index in [4.69, 9.17) is 4.74 Å². The van der Waals surface area contributed by atoms with E-state index in [0.29, 0.717) is 6.04 Å². The van der Waals surface area contributed by atoms with E-state index in [2.05, 4.69) is 64.2 Å². The maximum Gasteiger partial charge on any atom is 0.0623 e. The van der Waals surface area contributed by atoms with Crippen LogP contribution in [-0.4, -0.2) is 19.8 Å². The number of nitrogens with one attached hydrogen (secondary N) is 1. The second-order valence-corrected chi connectivity index (χ2v) is 7.18. The zero-order valence-electron chi connectivity index (χ0n) is 14.2. The second kappa shape index (κ2) is 6.73. The average Bonchev–Trinajstić information content (AvgIpc) is 2.39. The Labute approximate surface area is 124 Å². The summed E-state index contributed by atoms with van der Waals surface area (Å²) in [6.45, 7) is 11.1. The molecule has 1 atom stereocenters. The van der Waals surface area contributed by atoms with Gasteiger partial charge in [0.15, 0.2) is 0 Å². The first-order valence-corrected chi connectivity index (χ1v) is 7.53. The van der Waals surface area contributed by atoms with Crippen LogP contribution in [0.1, 0.15) is 64.6 Å². The predicted molar refractivity (Wildman–Crippen MR) is 87.3 cm³/mol. The molecule has 1 aromatic carbocycles. The number of methoxy groups -OCH3 is 1. The van der Waals surface area contributed by atoms with Gasteiger partial charge in [-0.3, -0.25) is 0 Å². The van der Waals surface area contributed by atoms with Gasteiger partial charge in [0.05, 0.1) is 5.60 Å². The van der Waals surface area contributed by atoms with E-state index in [-0.39, 0.29) is 11.0 Å². The molecular formula is C18H31NO. The summed E-state index contributed by atoms with van der Waals surface area (Å²) < 4.78 is 5.54. The molecule has 0 radical (unpaired) electrons. The lowest BCUT2D eigenvalue weighted by molar-refractivity contribution is 0.0118. The van der Waals surface area contributed by atoms with Gasteiger partial charge in [0, 0.05) is 13.2 Å². The van der Waals surface area contributed by atoms with Crippen LogP contribution in [0.5, 0.6) is 0 Å². The molecule has 0 fully saturated rings. The molecule has 1 rings (SSSR count). The van der Waals surface area contributed by atoms with E-state index >= 15 is 0 Å². The second-order valence-electron chi connectivity index (χ2n) is 7.18. The highest BCUT2D eigenvalue weighted by Crippen LogP contribution is 2.32. The Kier molecular flexibility index (Phi) is 5.79. The molecule has 0 saturated heterocycles. The predicted octanol–water partition coefficient (Wildman–Crippen LogP) is 4.45. The first-order valence-electron chi connectivity index (χ1n) is 7.53. The highest BCUT2D eigenvalue weighted by molar-refractivity contribution is 5.35. The zero-order valence-corrected chi connectivity index (χ0v) is 14.2. The Bertz CT molecular complexity index is 418. The third-order valence-corrected chi connectivity index (χ3v) is 4.08. The summed E-state index contributed by atoms with van der Waals surface area (Å²) >= 11 is 0. The fourth-order valence-corrected chi connectivity index (χ4v) is 2.53. The van der Waals surface area contributed by atoms with Crippen molar-refractivity contribution >= 4 is 0 Å². The third-order valence-electron chi connectivity index (χ3n) is 4.08. The number of hydrogen-bond acceptors (Lipinski definition) is 2. The molecule has 0 aliphatic carbocycles. The lowest BCUT2D eigenvalue weighted by Gasteiger charge is -2.30. The molecule has 2 heteroatoms. The van der Waals surface area contributed by atoms with Gasteiger partial charge in [-0.05, 0) is 50.3 Å². The molecule has 20 heavy (non-hydrogen) atoms. The van der Waals surface area contributed by atoms with Crippen molar-refractivity contribution in [2.45, 2.75) is 64.5 Å². The molecule has 114 valence electrons. The Morgan fingerprint density at radius 3 is 2.20 bits per heavy atom. The van der Waals surface area contributed by atoms with Crippen molar-refractivity contribution < 1.29 is 4.74 Å². The van der Waals surface area contributed by atoms with Crippen LogP contribution in [0, 0.1) is 0 Å². The number of ether oxygens (including phenoxy) is 1. The van der Waals surface area contributed by atoms with E-state index in [0.717, 1.165) is 12.8 Å². The van der Waals surface area contributed by atoms with Crippen molar-refractivity contribution in [3.8, 4) is 0 Å². The molecule has 1 unspecified atom stereocenters. The topological polar surface area (TPSA) is 21.3 Å². The Balaban J connectivity index is 2.96. The van der Waals surface area contributed by atoms with E-state index in [1.165, 1.54) is 11.1 Å². The lowest BCUT2D eigenvalue weighted by atomic mass is 9.80. The molecule has 0 saturated carbocycles. The van der Waals surface area contributed by atoms with E-state index < -0.39 is 0 Å². The van der Waals surface area contributed by atoms with Crippen LogP contribution in [-0.2, 0) is 10.2 Å². The molecule has 1 N–H and O–H groups in total. The molecule has 0 heterocycles. The minimum absolute atomic E-state index is 0.0637. The highest BCUT2D eigenvalue weighted by Gasteiger charge is 2.24. The maximum atomic E-state index is 5.54. The van der Waals surface area contributed by atoms with Crippen LogP contribution in [0.3, 0.4) is 0 Å². The summed E-state index contributed by atoms with van der Waals surface area (Å²) in [6, 6.07) is 9.15. The van der Waals surface area contributed by atoms with Crippen LogP contribution in [0.4, 0.5) is 0 Å². The summed E-state index contributed by atoms with van der Waals surface area (Å²) in [7, 11) is 3.83. The molecule has 0 amide bonds. The SMILES string of the molecule is CNC(CCC(C)(C)OC)c1ccccc1C(C)(C)C. The van der Waals surface area contributed by atoms with Gasteiger partial charge >= 0.3 is 0 Å². The zero-order chi connectivity index (χ0) is 15.4. The molecule has 0 bridgehead atoms. The minimum Gasteiger partial charge on any atom is -0.379 e. The average molecular weight is 277 g/mol. The van der Waals surface area contributed by atoms with Gasteiger partial charge in [0.1, 0.15) is 0 Å². The van der Waals surface area contributed by atoms with Crippen molar-refractivity contribution in [3.63, 3.8) is 0 Å². The van der Waals surface area contributed by atoms with Gasteiger partial charge in [0.25, 0.3) is 0 Å². The lowest BCUT2D eigenvalue weighted by Crippen LogP contribution is -2.27. The van der Waals surface area contributed by atoms with Gasteiger partial charge in [-0.15, -0.1) is 0 Å². The monoisotopic (exact) mass is 277 g/mol. The first-order chi connectivity index (χ1) is 9.21. The molecule has 0 spiro atoms. The van der Waals surface area contributed by atoms with E-state index in [9.17, 15) is 0 Å². The minimum atomic E-state index is -0.0637. The maximum absolute atomic E-state index is 5.54.